The molecule has 0 aliphatic carbocycles. The summed E-state index contributed by atoms with van der Waals surface area (Å²) >= 11 is 5.29. The third-order valence-corrected chi connectivity index (χ3v) is 2.71. The molecule has 0 aliphatic heterocycles. The molecule has 0 saturated heterocycles. The van der Waals surface area contributed by atoms with E-state index in [1.807, 2.05) is 0 Å². The molecule has 0 aromatic carbocycles. The Balaban J connectivity index is 3.79. The maximum absolute atomic E-state index is 11.4. The zero-order chi connectivity index (χ0) is 11.9. The van der Waals surface area contributed by atoms with Crippen LogP contribution in [0.2, 0.25) is 0 Å². The molecule has 15 heavy (non-hydrogen) atoms. The molecular formula is C11H19ClO3. The Morgan fingerprint density at radius 3 is 2.27 bits per heavy atom. The number of hydrogen-bond donors (Lipinski definition) is 0. The van der Waals surface area contributed by atoms with E-state index >= 15 is 0 Å². The van der Waals surface area contributed by atoms with Gasteiger partial charge in [-0.3, -0.25) is 9.59 Å². The van der Waals surface area contributed by atoms with E-state index in [2.05, 4.69) is 6.92 Å². The summed E-state index contributed by atoms with van der Waals surface area (Å²) in [6, 6.07) is 0. The maximum atomic E-state index is 11.4. The molecule has 0 atom stereocenters. The van der Waals surface area contributed by atoms with Crippen LogP contribution in [-0.2, 0) is 14.3 Å². The SMILES string of the molecule is CCCCCCOC(=O)C(C)(C)C(=O)Cl. The van der Waals surface area contributed by atoms with Gasteiger partial charge in [-0.25, -0.2) is 0 Å². The minimum Gasteiger partial charge on any atom is -0.465 e. The molecule has 0 saturated carbocycles. The largest absolute Gasteiger partial charge is 0.465 e. The predicted molar refractivity (Wildman–Crippen MR) is 59.7 cm³/mol. The molecule has 3 nitrogen and oxygen atoms in total. The van der Waals surface area contributed by atoms with E-state index in [4.69, 9.17) is 16.3 Å². The van der Waals surface area contributed by atoms with E-state index < -0.39 is 16.6 Å². The van der Waals surface area contributed by atoms with Gasteiger partial charge in [0.05, 0.1) is 6.61 Å². The lowest BCUT2D eigenvalue weighted by molar-refractivity contribution is -0.156. The number of halogens is 1. The highest BCUT2D eigenvalue weighted by Crippen LogP contribution is 2.21. The number of carbonyl (C=O) groups excluding carboxylic acids is 2. The van der Waals surface area contributed by atoms with Gasteiger partial charge in [-0.1, -0.05) is 26.2 Å². The number of esters is 1. The second-order valence-electron chi connectivity index (χ2n) is 4.10. The van der Waals surface area contributed by atoms with Gasteiger partial charge in [-0.2, -0.15) is 0 Å². The third-order valence-electron chi connectivity index (χ3n) is 2.23. The van der Waals surface area contributed by atoms with E-state index in [0.29, 0.717) is 6.61 Å². The first kappa shape index (κ1) is 14.4. The zero-order valence-corrected chi connectivity index (χ0v) is 10.4. The summed E-state index contributed by atoms with van der Waals surface area (Å²) in [4.78, 5) is 22.3. The van der Waals surface area contributed by atoms with Crippen LogP contribution in [0.15, 0.2) is 0 Å². The first-order chi connectivity index (χ1) is 6.92. The lowest BCUT2D eigenvalue weighted by atomic mass is 9.96. The lowest BCUT2D eigenvalue weighted by Crippen LogP contribution is -2.32. The van der Waals surface area contributed by atoms with Gasteiger partial charge in [-0.15, -0.1) is 0 Å². The number of ether oxygens (including phenoxy) is 1. The molecule has 4 heteroatoms. The third kappa shape index (κ3) is 5.17. The van der Waals surface area contributed by atoms with Gasteiger partial charge in [0.2, 0.25) is 5.24 Å². The second kappa shape index (κ2) is 6.83. The fourth-order valence-electron chi connectivity index (χ4n) is 0.954. The van der Waals surface area contributed by atoms with Gasteiger partial charge in [0.15, 0.2) is 0 Å². The molecule has 0 spiro atoms. The van der Waals surface area contributed by atoms with E-state index in [1.165, 1.54) is 13.8 Å². The summed E-state index contributed by atoms with van der Waals surface area (Å²) in [5.74, 6) is -0.543. The molecule has 0 heterocycles. The first-order valence-electron chi connectivity index (χ1n) is 5.30. The van der Waals surface area contributed by atoms with Gasteiger partial charge >= 0.3 is 5.97 Å². The fourth-order valence-corrected chi connectivity index (χ4v) is 1.03. The standard InChI is InChI=1S/C11H19ClO3/c1-4-5-6-7-8-15-10(14)11(2,3)9(12)13/h4-8H2,1-3H3. The number of unbranched alkanes of at least 4 members (excludes halogenated alkanes) is 3. The van der Waals surface area contributed by atoms with Crippen molar-refractivity contribution in [1.29, 1.82) is 0 Å². The average molecular weight is 235 g/mol. The minimum absolute atomic E-state index is 0.367. The molecule has 0 N–H and O–H groups in total. The van der Waals surface area contributed by atoms with Crippen molar-refractivity contribution in [2.45, 2.75) is 46.5 Å². The van der Waals surface area contributed by atoms with Crippen LogP contribution in [0, 0.1) is 5.41 Å². The predicted octanol–water partition coefficient (Wildman–Crippen LogP) is 2.90. The van der Waals surface area contributed by atoms with Crippen molar-refractivity contribution in [3.05, 3.63) is 0 Å². The quantitative estimate of drug-likeness (QED) is 0.294. The monoisotopic (exact) mass is 234 g/mol. The summed E-state index contributed by atoms with van der Waals surface area (Å²) in [7, 11) is 0. The molecular weight excluding hydrogens is 216 g/mol. The van der Waals surface area contributed by atoms with Crippen molar-refractivity contribution in [2.75, 3.05) is 6.61 Å². The Labute approximate surface area is 96.1 Å². The van der Waals surface area contributed by atoms with Gasteiger partial charge in [-0.05, 0) is 31.9 Å². The zero-order valence-electron chi connectivity index (χ0n) is 9.64. The highest BCUT2D eigenvalue weighted by atomic mass is 35.5. The molecule has 0 radical (unpaired) electrons. The molecule has 0 fully saturated rings. The van der Waals surface area contributed by atoms with Crippen LogP contribution in [0.3, 0.4) is 0 Å². The molecule has 0 rings (SSSR count). The topological polar surface area (TPSA) is 43.4 Å². The van der Waals surface area contributed by atoms with E-state index in [1.54, 1.807) is 0 Å². The Kier molecular flexibility index (Phi) is 6.57. The van der Waals surface area contributed by atoms with Crippen molar-refractivity contribution in [1.82, 2.24) is 0 Å². The Morgan fingerprint density at radius 1 is 1.20 bits per heavy atom. The minimum atomic E-state index is -1.23. The maximum Gasteiger partial charge on any atom is 0.320 e. The van der Waals surface area contributed by atoms with Gasteiger partial charge in [0, 0.05) is 0 Å². The van der Waals surface area contributed by atoms with Gasteiger partial charge in [0.25, 0.3) is 0 Å². The summed E-state index contributed by atoms with van der Waals surface area (Å²) in [5, 5.41) is -0.680. The normalized spacial score (nSPS) is 11.2. The van der Waals surface area contributed by atoms with Crippen molar-refractivity contribution in [3.8, 4) is 0 Å². The summed E-state index contributed by atoms with van der Waals surface area (Å²) in [6.45, 7) is 5.42. The van der Waals surface area contributed by atoms with E-state index in [-0.39, 0.29) is 0 Å². The van der Waals surface area contributed by atoms with Crippen molar-refractivity contribution >= 4 is 22.8 Å². The van der Waals surface area contributed by atoms with Crippen LogP contribution in [0.1, 0.15) is 46.5 Å². The van der Waals surface area contributed by atoms with Gasteiger partial charge in [0.1, 0.15) is 5.41 Å². The summed E-state index contributed by atoms with van der Waals surface area (Å²) < 4.78 is 4.97. The van der Waals surface area contributed by atoms with Crippen LogP contribution in [-0.4, -0.2) is 17.8 Å². The number of hydrogen-bond acceptors (Lipinski definition) is 3. The van der Waals surface area contributed by atoms with Gasteiger partial charge < -0.3 is 4.74 Å². The van der Waals surface area contributed by atoms with Crippen LogP contribution in [0.5, 0.6) is 0 Å². The van der Waals surface area contributed by atoms with Crippen LogP contribution in [0.4, 0.5) is 0 Å². The Morgan fingerprint density at radius 2 is 1.80 bits per heavy atom. The Hall–Kier alpha value is -0.570. The highest BCUT2D eigenvalue weighted by molar-refractivity contribution is 6.66. The lowest BCUT2D eigenvalue weighted by Gasteiger charge is -2.17. The molecule has 88 valence electrons. The van der Waals surface area contributed by atoms with Crippen LogP contribution >= 0.6 is 11.6 Å². The molecule has 0 amide bonds. The van der Waals surface area contributed by atoms with E-state index in [0.717, 1.165) is 25.7 Å². The van der Waals surface area contributed by atoms with E-state index in [9.17, 15) is 9.59 Å². The summed E-state index contributed by atoms with van der Waals surface area (Å²) in [6.07, 6.45) is 4.15. The molecule has 0 unspecified atom stereocenters. The first-order valence-corrected chi connectivity index (χ1v) is 5.68. The van der Waals surface area contributed by atoms with Crippen LogP contribution < -0.4 is 0 Å². The van der Waals surface area contributed by atoms with Crippen molar-refractivity contribution in [3.63, 3.8) is 0 Å². The van der Waals surface area contributed by atoms with Crippen molar-refractivity contribution < 1.29 is 14.3 Å². The molecule has 0 aromatic rings. The number of carbonyl (C=O) groups is 2. The number of rotatable bonds is 7. The molecule has 0 aliphatic rings. The smallest absolute Gasteiger partial charge is 0.320 e. The average Bonchev–Trinajstić information content (AvgIpc) is 2.16. The second-order valence-corrected chi connectivity index (χ2v) is 4.44. The van der Waals surface area contributed by atoms with Crippen molar-refractivity contribution in [2.24, 2.45) is 5.41 Å². The summed E-state index contributed by atoms with van der Waals surface area (Å²) in [5.41, 5.74) is -1.23. The fraction of sp³-hybridized carbons (Fsp3) is 0.818. The molecule has 0 aromatic heterocycles. The Bertz CT molecular complexity index is 224. The highest BCUT2D eigenvalue weighted by Gasteiger charge is 2.36. The molecule has 0 bridgehead atoms. The van der Waals surface area contributed by atoms with Crippen LogP contribution in [0.25, 0.3) is 0 Å².